The molecule has 0 amide bonds. The summed E-state index contributed by atoms with van der Waals surface area (Å²) in [6.45, 7) is 2.84. The van der Waals surface area contributed by atoms with Crippen LogP contribution >= 0.6 is 22.6 Å². The lowest BCUT2D eigenvalue weighted by Gasteiger charge is -2.07. The highest BCUT2D eigenvalue weighted by molar-refractivity contribution is 14.1. The number of ether oxygens (including phenoxy) is 2. The Balaban J connectivity index is 2.15. The third kappa shape index (κ3) is 4.32. The fourth-order valence-corrected chi connectivity index (χ4v) is 1.79. The van der Waals surface area contributed by atoms with Crippen LogP contribution in [0.5, 0.6) is 11.6 Å². The van der Waals surface area contributed by atoms with E-state index in [-0.39, 0.29) is 0 Å². The zero-order valence-electron chi connectivity index (χ0n) is 10.5. The molecule has 1 aromatic heterocycles. The number of hydrogen-bond acceptors (Lipinski definition) is 5. The van der Waals surface area contributed by atoms with Gasteiger partial charge in [-0.15, -0.1) is 0 Å². The van der Waals surface area contributed by atoms with E-state index in [0.717, 1.165) is 3.57 Å². The zero-order chi connectivity index (χ0) is 13.7. The van der Waals surface area contributed by atoms with Crippen molar-refractivity contribution in [1.29, 1.82) is 0 Å². The van der Waals surface area contributed by atoms with Crippen LogP contribution in [-0.4, -0.2) is 16.6 Å². The SMILES string of the molecule is CCOCc1nc(N)cc(Oc2ccc(I)cc2)n1. The fraction of sp³-hybridized carbons (Fsp3) is 0.231. The van der Waals surface area contributed by atoms with Gasteiger partial charge in [0.2, 0.25) is 5.88 Å². The molecule has 2 aromatic rings. The van der Waals surface area contributed by atoms with Gasteiger partial charge in [0.15, 0.2) is 5.82 Å². The molecule has 6 heteroatoms. The highest BCUT2D eigenvalue weighted by Crippen LogP contribution is 2.21. The highest BCUT2D eigenvalue weighted by atomic mass is 127. The van der Waals surface area contributed by atoms with Crippen molar-refractivity contribution in [3.8, 4) is 11.6 Å². The number of rotatable bonds is 5. The number of nitrogen functional groups attached to an aromatic ring is 1. The molecule has 100 valence electrons. The summed E-state index contributed by atoms with van der Waals surface area (Å²) in [5, 5.41) is 0. The summed E-state index contributed by atoms with van der Waals surface area (Å²) in [5.41, 5.74) is 5.72. The van der Waals surface area contributed by atoms with Gasteiger partial charge in [-0.2, -0.15) is 4.98 Å². The second kappa shape index (κ2) is 6.67. The van der Waals surface area contributed by atoms with Crippen molar-refractivity contribution in [2.24, 2.45) is 0 Å². The molecule has 1 heterocycles. The molecule has 2 N–H and O–H groups in total. The molecule has 0 aliphatic heterocycles. The number of anilines is 1. The molecule has 0 atom stereocenters. The molecule has 0 radical (unpaired) electrons. The predicted molar refractivity (Wildman–Crippen MR) is 81.0 cm³/mol. The second-order valence-corrected chi connectivity index (χ2v) is 4.99. The minimum Gasteiger partial charge on any atom is -0.439 e. The summed E-state index contributed by atoms with van der Waals surface area (Å²) >= 11 is 2.24. The minimum absolute atomic E-state index is 0.324. The maximum atomic E-state index is 5.72. The van der Waals surface area contributed by atoms with Gasteiger partial charge in [0.05, 0.1) is 0 Å². The molecule has 0 bridgehead atoms. The Kier molecular flexibility index (Phi) is 4.92. The largest absolute Gasteiger partial charge is 0.439 e. The van der Waals surface area contributed by atoms with Gasteiger partial charge in [0, 0.05) is 16.2 Å². The van der Waals surface area contributed by atoms with E-state index in [1.165, 1.54) is 0 Å². The Morgan fingerprint density at radius 1 is 1.21 bits per heavy atom. The van der Waals surface area contributed by atoms with Crippen molar-refractivity contribution in [2.45, 2.75) is 13.5 Å². The van der Waals surface area contributed by atoms with Crippen LogP contribution in [0.4, 0.5) is 5.82 Å². The van der Waals surface area contributed by atoms with Crippen molar-refractivity contribution >= 4 is 28.4 Å². The van der Waals surface area contributed by atoms with Crippen molar-refractivity contribution in [1.82, 2.24) is 9.97 Å². The number of halogens is 1. The minimum atomic E-state index is 0.324. The van der Waals surface area contributed by atoms with E-state index in [9.17, 15) is 0 Å². The number of hydrogen-bond donors (Lipinski definition) is 1. The molecular formula is C13H14IN3O2. The van der Waals surface area contributed by atoms with Crippen LogP contribution in [0.1, 0.15) is 12.7 Å². The Bertz CT molecular complexity index is 546. The number of aromatic nitrogens is 2. The van der Waals surface area contributed by atoms with Crippen molar-refractivity contribution in [3.63, 3.8) is 0 Å². The first-order chi connectivity index (χ1) is 9.17. The average Bonchev–Trinajstić information content (AvgIpc) is 2.38. The summed E-state index contributed by atoms with van der Waals surface area (Å²) in [4.78, 5) is 8.34. The van der Waals surface area contributed by atoms with E-state index < -0.39 is 0 Å². The molecule has 0 unspecified atom stereocenters. The van der Waals surface area contributed by atoms with Gasteiger partial charge in [-0.25, -0.2) is 4.98 Å². The predicted octanol–water partition coefficient (Wildman–Crippen LogP) is 2.99. The van der Waals surface area contributed by atoms with E-state index in [1.54, 1.807) is 6.07 Å². The first-order valence-corrected chi connectivity index (χ1v) is 6.90. The standard InChI is InChI=1S/C13H14IN3O2/c1-2-18-8-12-16-11(15)7-13(17-12)19-10-5-3-9(14)4-6-10/h3-7H,2,8H2,1H3,(H2,15,16,17). The van der Waals surface area contributed by atoms with Crippen LogP contribution < -0.4 is 10.5 Å². The van der Waals surface area contributed by atoms with Crippen LogP contribution in [0.3, 0.4) is 0 Å². The smallest absolute Gasteiger partial charge is 0.224 e. The van der Waals surface area contributed by atoms with Gasteiger partial charge < -0.3 is 15.2 Å². The third-order valence-corrected chi connectivity index (χ3v) is 2.96. The normalized spacial score (nSPS) is 10.4. The maximum Gasteiger partial charge on any atom is 0.224 e. The number of nitrogens with zero attached hydrogens (tertiary/aromatic N) is 2. The monoisotopic (exact) mass is 371 g/mol. The van der Waals surface area contributed by atoms with E-state index in [4.69, 9.17) is 15.2 Å². The maximum absolute atomic E-state index is 5.72. The van der Waals surface area contributed by atoms with Gasteiger partial charge in [0.25, 0.3) is 0 Å². The van der Waals surface area contributed by atoms with Gasteiger partial charge >= 0.3 is 0 Å². The first-order valence-electron chi connectivity index (χ1n) is 5.82. The quantitative estimate of drug-likeness (QED) is 0.819. The molecule has 2 rings (SSSR count). The van der Waals surface area contributed by atoms with Crippen molar-refractivity contribution < 1.29 is 9.47 Å². The summed E-state index contributed by atoms with van der Waals surface area (Å²) < 4.78 is 12.0. The Morgan fingerprint density at radius 2 is 1.95 bits per heavy atom. The molecule has 0 aliphatic carbocycles. The van der Waals surface area contributed by atoms with Gasteiger partial charge in [-0.3, -0.25) is 0 Å². The van der Waals surface area contributed by atoms with Crippen LogP contribution in [-0.2, 0) is 11.3 Å². The Hall–Kier alpha value is -1.41. The summed E-state index contributed by atoms with van der Waals surface area (Å²) in [6.07, 6.45) is 0. The lowest BCUT2D eigenvalue weighted by Crippen LogP contribution is -2.03. The molecule has 5 nitrogen and oxygen atoms in total. The molecule has 0 aliphatic rings. The molecule has 0 spiro atoms. The Morgan fingerprint density at radius 3 is 2.63 bits per heavy atom. The van der Waals surface area contributed by atoms with E-state index in [2.05, 4.69) is 32.6 Å². The lowest BCUT2D eigenvalue weighted by atomic mass is 10.3. The average molecular weight is 371 g/mol. The van der Waals surface area contributed by atoms with Crippen LogP contribution in [0.2, 0.25) is 0 Å². The summed E-state index contributed by atoms with van der Waals surface area (Å²) in [6, 6.07) is 9.26. The van der Waals surface area contributed by atoms with Gasteiger partial charge in [-0.1, -0.05) is 0 Å². The van der Waals surface area contributed by atoms with Crippen LogP contribution in [0.25, 0.3) is 0 Å². The van der Waals surface area contributed by atoms with Crippen LogP contribution in [0, 0.1) is 3.57 Å². The molecule has 19 heavy (non-hydrogen) atoms. The van der Waals surface area contributed by atoms with E-state index in [1.807, 2.05) is 31.2 Å². The van der Waals surface area contributed by atoms with Crippen LogP contribution in [0.15, 0.2) is 30.3 Å². The molecular weight excluding hydrogens is 357 g/mol. The zero-order valence-corrected chi connectivity index (χ0v) is 12.6. The van der Waals surface area contributed by atoms with Gasteiger partial charge in [-0.05, 0) is 53.8 Å². The van der Waals surface area contributed by atoms with Crippen molar-refractivity contribution in [2.75, 3.05) is 12.3 Å². The van der Waals surface area contributed by atoms with E-state index in [0.29, 0.717) is 36.5 Å². The van der Waals surface area contributed by atoms with E-state index >= 15 is 0 Å². The molecule has 0 saturated carbocycles. The number of benzene rings is 1. The second-order valence-electron chi connectivity index (χ2n) is 3.74. The fourth-order valence-electron chi connectivity index (χ4n) is 1.43. The topological polar surface area (TPSA) is 70.3 Å². The Labute approximate surface area is 125 Å². The number of nitrogens with two attached hydrogens (primary N) is 1. The highest BCUT2D eigenvalue weighted by Gasteiger charge is 2.05. The lowest BCUT2D eigenvalue weighted by molar-refractivity contribution is 0.128. The first kappa shape index (κ1) is 14.0. The molecule has 1 aromatic carbocycles. The third-order valence-electron chi connectivity index (χ3n) is 2.24. The van der Waals surface area contributed by atoms with Gasteiger partial charge in [0.1, 0.15) is 18.2 Å². The molecule has 0 fully saturated rings. The summed E-state index contributed by atoms with van der Waals surface area (Å²) in [5.74, 6) is 2.01. The van der Waals surface area contributed by atoms with Crippen molar-refractivity contribution in [3.05, 3.63) is 39.7 Å². The molecule has 0 saturated heterocycles. The summed E-state index contributed by atoms with van der Waals surface area (Å²) in [7, 11) is 0.